The van der Waals surface area contributed by atoms with E-state index in [9.17, 15) is 29.1 Å². The summed E-state index contributed by atoms with van der Waals surface area (Å²) in [6.45, 7) is 2.60. The first kappa shape index (κ1) is 34.4. The lowest BCUT2D eigenvalue weighted by Crippen LogP contribution is -2.41. The molecule has 0 saturated heterocycles. The van der Waals surface area contributed by atoms with Crippen molar-refractivity contribution in [3.63, 3.8) is 0 Å². The maximum atomic E-state index is 12.2. The van der Waals surface area contributed by atoms with Crippen molar-refractivity contribution in [2.45, 2.75) is 96.4 Å². The SMILES string of the molecule is C[C@@H](CCCCNC(=O)CCC(NC(=O)CCCCCCCCCOc1ccc(C(=O)O)cc1)C(=O)O)C(=O)O. The molecule has 40 heavy (non-hydrogen) atoms. The Morgan fingerprint density at radius 2 is 1.35 bits per heavy atom. The minimum atomic E-state index is -1.18. The van der Waals surface area contributed by atoms with Crippen molar-refractivity contribution in [3.05, 3.63) is 29.8 Å². The number of rotatable bonds is 23. The standard InChI is InChI=1S/C29H44N2O9/c1-21(27(34)35)11-8-9-19-30-25(32)18-17-24(29(38)39)31-26(33)12-7-5-3-2-4-6-10-20-40-23-15-13-22(14-16-23)28(36)37/h13-16,21,24H,2-12,17-20H2,1H3,(H,30,32)(H,31,33)(H,34,35)(H,36,37)(H,38,39)/t21-,24?/m0/s1. The summed E-state index contributed by atoms with van der Waals surface area (Å²) in [5.74, 6) is -3.40. The topological polar surface area (TPSA) is 179 Å². The van der Waals surface area contributed by atoms with Crippen molar-refractivity contribution in [2.75, 3.05) is 13.2 Å². The van der Waals surface area contributed by atoms with E-state index in [0.717, 1.165) is 38.5 Å². The van der Waals surface area contributed by atoms with Crippen LogP contribution in [-0.4, -0.2) is 64.2 Å². The number of amides is 2. The largest absolute Gasteiger partial charge is 0.494 e. The lowest BCUT2D eigenvalue weighted by Gasteiger charge is -2.14. The van der Waals surface area contributed by atoms with E-state index in [2.05, 4.69) is 10.6 Å². The van der Waals surface area contributed by atoms with Crippen molar-refractivity contribution in [3.8, 4) is 5.75 Å². The number of ether oxygens (including phenoxy) is 1. The average molecular weight is 565 g/mol. The van der Waals surface area contributed by atoms with Gasteiger partial charge in [-0.1, -0.05) is 45.4 Å². The van der Waals surface area contributed by atoms with Crippen LogP contribution in [0.25, 0.3) is 0 Å². The molecule has 0 spiro atoms. The van der Waals surface area contributed by atoms with Crippen LogP contribution in [0.2, 0.25) is 0 Å². The van der Waals surface area contributed by atoms with E-state index in [1.165, 1.54) is 12.1 Å². The first-order valence-corrected chi connectivity index (χ1v) is 14.1. The number of nitrogens with one attached hydrogen (secondary N) is 2. The number of unbranched alkanes of at least 4 members (excludes halogenated alkanes) is 7. The van der Waals surface area contributed by atoms with Gasteiger partial charge in [0.25, 0.3) is 0 Å². The highest BCUT2D eigenvalue weighted by molar-refractivity contribution is 5.87. The molecule has 2 atom stereocenters. The average Bonchev–Trinajstić information content (AvgIpc) is 2.91. The maximum Gasteiger partial charge on any atom is 0.335 e. The Morgan fingerprint density at radius 3 is 1.95 bits per heavy atom. The number of benzene rings is 1. The van der Waals surface area contributed by atoms with E-state index in [1.54, 1.807) is 19.1 Å². The van der Waals surface area contributed by atoms with Crippen LogP contribution >= 0.6 is 0 Å². The van der Waals surface area contributed by atoms with E-state index in [4.69, 9.17) is 14.9 Å². The molecular formula is C29H44N2O9. The van der Waals surface area contributed by atoms with Crippen LogP contribution in [0.15, 0.2) is 24.3 Å². The van der Waals surface area contributed by atoms with Gasteiger partial charge in [-0.2, -0.15) is 0 Å². The number of carboxylic acids is 3. The van der Waals surface area contributed by atoms with Gasteiger partial charge in [0.2, 0.25) is 11.8 Å². The van der Waals surface area contributed by atoms with Gasteiger partial charge in [-0.05, 0) is 56.4 Å². The number of carbonyl (C=O) groups is 5. The quantitative estimate of drug-likeness (QED) is 0.122. The maximum absolute atomic E-state index is 12.2. The first-order valence-electron chi connectivity index (χ1n) is 14.1. The molecule has 224 valence electrons. The van der Waals surface area contributed by atoms with Gasteiger partial charge in [0.15, 0.2) is 0 Å². The summed E-state index contributed by atoms with van der Waals surface area (Å²) in [5.41, 5.74) is 0.223. The molecular weight excluding hydrogens is 520 g/mol. The van der Waals surface area contributed by atoms with Crippen LogP contribution in [0.1, 0.15) is 101 Å². The van der Waals surface area contributed by atoms with Crippen LogP contribution in [0, 0.1) is 5.92 Å². The summed E-state index contributed by atoms with van der Waals surface area (Å²) >= 11 is 0. The lowest BCUT2D eigenvalue weighted by atomic mass is 10.0. The Bertz CT molecular complexity index is 934. The summed E-state index contributed by atoms with van der Waals surface area (Å²) in [7, 11) is 0. The normalized spacial score (nSPS) is 12.2. The highest BCUT2D eigenvalue weighted by Gasteiger charge is 2.20. The first-order chi connectivity index (χ1) is 19.1. The number of aliphatic carboxylic acids is 2. The zero-order valence-corrected chi connectivity index (χ0v) is 23.4. The Hall–Kier alpha value is -3.63. The second kappa shape index (κ2) is 20.3. The predicted octanol–water partition coefficient (Wildman–Crippen LogP) is 4.24. The molecule has 0 radical (unpaired) electrons. The third kappa shape index (κ3) is 16.4. The van der Waals surface area contributed by atoms with Crippen molar-refractivity contribution in [2.24, 2.45) is 5.92 Å². The van der Waals surface area contributed by atoms with Crippen molar-refractivity contribution >= 4 is 29.7 Å². The van der Waals surface area contributed by atoms with E-state index in [-0.39, 0.29) is 36.6 Å². The molecule has 0 aliphatic carbocycles. The molecule has 11 heteroatoms. The fourth-order valence-corrected chi connectivity index (χ4v) is 3.97. The molecule has 1 aromatic carbocycles. The second-order valence-electron chi connectivity index (χ2n) is 9.98. The predicted molar refractivity (Wildman–Crippen MR) is 148 cm³/mol. The molecule has 1 rings (SSSR count). The molecule has 0 aliphatic rings. The molecule has 11 nitrogen and oxygen atoms in total. The molecule has 1 unspecified atom stereocenters. The Kier molecular flexibility index (Phi) is 17.5. The Morgan fingerprint density at radius 1 is 0.725 bits per heavy atom. The third-order valence-electron chi connectivity index (χ3n) is 6.52. The van der Waals surface area contributed by atoms with Crippen molar-refractivity contribution < 1.29 is 44.0 Å². The summed E-state index contributed by atoms with van der Waals surface area (Å²) < 4.78 is 5.61. The fraction of sp³-hybridized carbons (Fsp3) is 0.621. The van der Waals surface area contributed by atoms with Gasteiger partial charge >= 0.3 is 17.9 Å². The number of hydrogen-bond donors (Lipinski definition) is 5. The van der Waals surface area contributed by atoms with Gasteiger partial charge in [0.05, 0.1) is 18.1 Å². The molecule has 0 fully saturated rings. The molecule has 0 saturated carbocycles. The van der Waals surface area contributed by atoms with Gasteiger partial charge in [-0.3, -0.25) is 14.4 Å². The summed E-state index contributed by atoms with van der Waals surface area (Å²) in [6, 6.07) is 5.20. The molecule has 0 heterocycles. The minimum Gasteiger partial charge on any atom is -0.494 e. The van der Waals surface area contributed by atoms with Crippen LogP contribution in [0.3, 0.4) is 0 Å². The van der Waals surface area contributed by atoms with Crippen molar-refractivity contribution in [1.82, 2.24) is 10.6 Å². The summed E-state index contributed by atoms with van der Waals surface area (Å²) in [4.78, 5) is 57.3. The van der Waals surface area contributed by atoms with E-state index < -0.39 is 29.9 Å². The number of aromatic carboxylic acids is 1. The molecule has 1 aromatic rings. The van der Waals surface area contributed by atoms with E-state index >= 15 is 0 Å². The molecule has 0 aromatic heterocycles. The van der Waals surface area contributed by atoms with Gasteiger partial charge in [-0.25, -0.2) is 9.59 Å². The zero-order valence-electron chi connectivity index (χ0n) is 23.4. The second-order valence-corrected chi connectivity index (χ2v) is 9.98. The minimum absolute atomic E-state index is 0.000311. The highest BCUT2D eigenvalue weighted by Crippen LogP contribution is 2.14. The van der Waals surface area contributed by atoms with E-state index in [1.807, 2.05) is 0 Å². The molecule has 0 aliphatic heterocycles. The van der Waals surface area contributed by atoms with Gasteiger partial charge in [0.1, 0.15) is 11.8 Å². The highest BCUT2D eigenvalue weighted by atomic mass is 16.5. The molecule has 5 N–H and O–H groups in total. The van der Waals surface area contributed by atoms with Crippen LogP contribution < -0.4 is 15.4 Å². The van der Waals surface area contributed by atoms with E-state index in [0.29, 0.717) is 44.6 Å². The van der Waals surface area contributed by atoms with Gasteiger partial charge in [0, 0.05) is 19.4 Å². The summed E-state index contributed by atoms with van der Waals surface area (Å²) in [5, 5.41) is 32.3. The number of carboxylic acid groups (broad SMARTS) is 3. The Balaban J connectivity index is 2.06. The number of hydrogen-bond acceptors (Lipinski definition) is 6. The summed E-state index contributed by atoms with van der Waals surface area (Å²) in [6.07, 6.45) is 8.53. The monoisotopic (exact) mass is 564 g/mol. The van der Waals surface area contributed by atoms with Crippen LogP contribution in [-0.2, 0) is 19.2 Å². The van der Waals surface area contributed by atoms with Crippen LogP contribution in [0.4, 0.5) is 0 Å². The Labute approximate surface area is 235 Å². The smallest absolute Gasteiger partial charge is 0.335 e. The fourth-order valence-electron chi connectivity index (χ4n) is 3.97. The molecule has 2 amide bonds. The van der Waals surface area contributed by atoms with Crippen LogP contribution in [0.5, 0.6) is 5.75 Å². The lowest BCUT2D eigenvalue weighted by molar-refractivity contribution is -0.142. The zero-order chi connectivity index (χ0) is 29.8. The van der Waals surface area contributed by atoms with Gasteiger partial charge in [-0.15, -0.1) is 0 Å². The third-order valence-corrected chi connectivity index (χ3v) is 6.52. The number of carbonyl (C=O) groups excluding carboxylic acids is 2. The molecule has 0 bridgehead atoms. The van der Waals surface area contributed by atoms with Gasteiger partial charge < -0.3 is 30.7 Å². The van der Waals surface area contributed by atoms with Crippen molar-refractivity contribution in [1.29, 1.82) is 0 Å².